The van der Waals surface area contributed by atoms with Crippen molar-refractivity contribution < 1.29 is 28.5 Å². The lowest BCUT2D eigenvalue weighted by Gasteiger charge is -2.12. The fourth-order valence-corrected chi connectivity index (χ4v) is 1.99. The van der Waals surface area contributed by atoms with Gasteiger partial charge in [-0.15, -0.1) is 0 Å². The molecule has 2 aromatic rings. The van der Waals surface area contributed by atoms with Crippen LogP contribution in [0.5, 0.6) is 17.2 Å². The first-order chi connectivity index (χ1) is 11.7. The maximum atomic E-state index is 11.3. The van der Waals surface area contributed by atoms with Gasteiger partial charge in [0.25, 0.3) is 0 Å². The Morgan fingerprint density at radius 2 is 1.67 bits per heavy atom. The van der Waals surface area contributed by atoms with Crippen molar-refractivity contribution in [3.05, 3.63) is 53.6 Å². The van der Waals surface area contributed by atoms with Crippen molar-refractivity contribution in [2.24, 2.45) is 0 Å². The largest absolute Gasteiger partial charge is 0.493 e. The zero-order valence-corrected chi connectivity index (χ0v) is 13.5. The molecule has 0 radical (unpaired) electrons. The first-order valence-electron chi connectivity index (χ1n) is 7.25. The van der Waals surface area contributed by atoms with Crippen LogP contribution in [0.4, 0.5) is 0 Å². The van der Waals surface area contributed by atoms with Gasteiger partial charge in [0.15, 0.2) is 11.5 Å². The second kappa shape index (κ2) is 8.57. The van der Waals surface area contributed by atoms with Gasteiger partial charge in [-0.05, 0) is 42.5 Å². The van der Waals surface area contributed by atoms with Crippen LogP contribution in [-0.2, 0) is 4.74 Å². The molecule has 24 heavy (non-hydrogen) atoms. The van der Waals surface area contributed by atoms with Gasteiger partial charge in [-0.3, -0.25) is 4.79 Å². The molecule has 6 nitrogen and oxygen atoms in total. The number of benzene rings is 2. The van der Waals surface area contributed by atoms with Crippen molar-refractivity contribution in [1.82, 2.24) is 0 Å². The lowest BCUT2D eigenvalue weighted by molar-refractivity contribution is 0.0600. The molecule has 0 amide bonds. The van der Waals surface area contributed by atoms with Crippen molar-refractivity contribution in [1.29, 1.82) is 0 Å². The fraction of sp³-hybridized carbons (Fsp3) is 0.222. The molecule has 0 spiro atoms. The van der Waals surface area contributed by atoms with Crippen molar-refractivity contribution in [2.75, 3.05) is 27.4 Å². The Labute approximate surface area is 139 Å². The molecule has 0 bridgehead atoms. The molecule has 6 heteroatoms. The third-order valence-electron chi connectivity index (χ3n) is 3.21. The second-order valence-electron chi connectivity index (χ2n) is 4.74. The van der Waals surface area contributed by atoms with E-state index in [0.717, 1.165) is 6.29 Å². The Kier molecular flexibility index (Phi) is 6.19. The van der Waals surface area contributed by atoms with Gasteiger partial charge in [0.05, 0.1) is 19.8 Å². The summed E-state index contributed by atoms with van der Waals surface area (Å²) in [6.07, 6.45) is 0.743. The van der Waals surface area contributed by atoms with Crippen LogP contribution in [0.1, 0.15) is 20.7 Å². The smallest absolute Gasteiger partial charge is 0.337 e. The molecule has 0 aromatic heterocycles. The number of aldehydes is 1. The van der Waals surface area contributed by atoms with Gasteiger partial charge in [0.1, 0.15) is 25.2 Å². The summed E-state index contributed by atoms with van der Waals surface area (Å²) in [6, 6.07) is 11.6. The molecule has 2 rings (SSSR count). The molecule has 0 atom stereocenters. The Bertz CT molecular complexity index is 693. The monoisotopic (exact) mass is 330 g/mol. The Balaban J connectivity index is 1.84. The van der Waals surface area contributed by atoms with Crippen LogP contribution < -0.4 is 14.2 Å². The number of hydrogen-bond acceptors (Lipinski definition) is 6. The molecule has 2 aromatic carbocycles. The van der Waals surface area contributed by atoms with Crippen LogP contribution in [0.25, 0.3) is 0 Å². The number of carbonyl (C=O) groups excluding carboxylic acids is 2. The number of ether oxygens (including phenoxy) is 4. The molecule has 0 aliphatic heterocycles. The van der Waals surface area contributed by atoms with Crippen LogP contribution >= 0.6 is 0 Å². The van der Waals surface area contributed by atoms with Crippen LogP contribution in [0.3, 0.4) is 0 Å². The van der Waals surface area contributed by atoms with E-state index >= 15 is 0 Å². The van der Waals surface area contributed by atoms with E-state index in [1.165, 1.54) is 14.2 Å². The topological polar surface area (TPSA) is 71.1 Å². The Morgan fingerprint density at radius 3 is 2.29 bits per heavy atom. The van der Waals surface area contributed by atoms with Gasteiger partial charge in [-0.25, -0.2) is 4.79 Å². The zero-order chi connectivity index (χ0) is 17.4. The quantitative estimate of drug-likeness (QED) is 0.421. The van der Waals surface area contributed by atoms with Gasteiger partial charge < -0.3 is 18.9 Å². The molecule has 0 fully saturated rings. The van der Waals surface area contributed by atoms with Gasteiger partial charge >= 0.3 is 5.97 Å². The second-order valence-corrected chi connectivity index (χ2v) is 4.74. The molecule has 0 aliphatic carbocycles. The summed E-state index contributed by atoms with van der Waals surface area (Å²) >= 11 is 0. The number of esters is 1. The molecule has 0 heterocycles. The van der Waals surface area contributed by atoms with E-state index in [1.807, 2.05) is 0 Å². The minimum atomic E-state index is -0.393. The van der Waals surface area contributed by atoms with E-state index < -0.39 is 5.97 Å². The summed E-state index contributed by atoms with van der Waals surface area (Å²) in [4.78, 5) is 22.1. The van der Waals surface area contributed by atoms with Gasteiger partial charge in [-0.2, -0.15) is 0 Å². The first kappa shape index (κ1) is 17.3. The maximum absolute atomic E-state index is 11.3. The average Bonchev–Trinajstić information content (AvgIpc) is 2.65. The van der Waals surface area contributed by atoms with E-state index in [9.17, 15) is 9.59 Å². The Morgan fingerprint density at radius 1 is 0.958 bits per heavy atom. The van der Waals surface area contributed by atoms with Crippen LogP contribution in [-0.4, -0.2) is 39.7 Å². The van der Waals surface area contributed by atoms with Crippen molar-refractivity contribution in [3.8, 4) is 17.2 Å². The summed E-state index contributed by atoms with van der Waals surface area (Å²) in [5, 5.41) is 0. The van der Waals surface area contributed by atoms with E-state index in [0.29, 0.717) is 41.6 Å². The third-order valence-corrected chi connectivity index (χ3v) is 3.21. The number of hydrogen-bond donors (Lipinski definition) is 0. The molecule has 0 saturated carbocycles. The predicted molar refractivity (Wildman–Crippen MR) is 87.2 cm³/mol. The number of methoxy groups -OCH3 is 2. The van der Waals surface area contributed by atoms with Crippen LogP contribution in [0, 0.1) is 0 Å². The highest BCUT2D eigenvalue weighted by atomic mass is 16.5. The number of carbonyl (C=O) groups is 2. The highest BCUT2D eigenvalue weighted by molar-refractivity contribution is 5.89. The summed E-state index contributed by atoms with van der Waals surface area (Å²) in [7, 11) is 2.84. The summed E-state index contributed by atoms with van der Waals surface area (Å²) in [5.74, 6) is 1.25. The maximum Gasteiger partial charge on any atom is 0.337 e. The van der Waals surface area contributed by atoms with Gasteiger partial charge in [0, 0.05) is 5.56 Å². The van der Waals surface area contributed by atoms with Crippen LogP contribution in [0.2, 0.25) is 0 Å². The molecule has 0 N–H and O–H groups in total. The summed E-state index contributed by atoms with van der Waals surface area (Å²) in [5.41, 5.74) is 0.974. The highest BCUT2D eigenvalue weighted by Gasteiger charge is 2.07. The van der Waals surface area contributed by atoms with Gasteiger partial charge in [-0.1, -0.05) is 0 Å². The van der Waals surface area contributed by atoms with E-state index in [4.69, 9.17) is 14.2 Å². The van der Waals surface area contributed by atoms with Crippen molar-refractivity contribution in [3.63, 3.8) is 0 Å². The average molecular weight is 330 g/mol. The predicted octanol–water partition coefficient (Wildman–Crippen LogP) is 2.75. The first-order valence-corrected chi connectivity index (χ1v) is 7.25. The van der Waals surface area contributed by atoms with Gasteiger partial charge in [0.2, 0.25) is 0 Å². The molecular formula is C18H18O6. The zero-order valence-electron chi connectivity index (χ0n) is 13.5. The highest BCUT2D eigenvalue weighted by Crippen LogP contribution is 2.27. The lowest BCUT2D eigenvalue weighted by atomic mass is 10.2. The minimum Gasteiger partial charge on any atom is -0.493 e. The molecular weight excluding hydrogens is 312 g/mol. The molecule has 0 unspecified atom stereocenters. The van der Waals surface area contributed by atoms with E-state index in [-0.39, 0.29) is 0 Å². The lowest BCUT2D eigenvalue weighted by Crippen LogP contribution is -2.10. The van der Waals surface area contributed by atoms with Crippen LogP contribution in [0.15, 0.2) is 42.5 Å². The van der Waals surface area contributed by atoms with Crippen molar-refractivity contribution >= 4 is 12.3 Å². The normalized spacial score (nSPS) is 9.92. The van der Waals surface area contributed by atoms with Crippen molar-refractivity contribution in [2.45, 2.75) is 0 Å². The molecule has 126 valence electrons. The molecule has 0 aliphatic rings. The van der Waals surface area contributed by atoms with E-state index in [1.54, 1.807) is 42.5 Å². The standard InChI is InChI=1S/C18H18O6/c1-21-17-11-13(12-19)3-8-16(17)24-10-9-23-15-6-4-14(5-7-15)18(20)22-2/h3-8,11-12H,9-10H2,1-2H3. The Hall–Kier alpha value is -3.02. The summed E-state index contributed by atoms with van der Waals surface area (Å²) in [6.45, 7) is 0.617. The third kappa shape index (κ3) is 4.49. The fourth-order valence-electron chi connectivity index (χ4n) is 1.99. The van der Waals surface area contributed by atoms with E-state index in [2.05, 4.69) is 4.74 Å². The summed E-state index contributed by atoms with van der Waals surface area (Å²) < 4.78 is 20.9. The molecule has 0 saturated heterocycles. The SMILES string of the molecule is COC(=O)c1ccc(OCCOc2ccc(C=O)cc2OC)cc1. The minimum absolute atomic E-state index is 0.301. The number of rotatable bonds is 8.